The van der Waals surface area contributed by atoms with Gasteiger partial charge in [-0.1, -0.05) is 24.3 Å². The Labute approximate surface area is 192 Å². The number of para-hydroxylation sites is 1. The van der Waals surface area contributed by atoms with Crippen molar-refractivity contribution < 1.29 is 23.8 Å². The number of ether oxygens (including phenoxy) is 3. The van der Waals surface area contributed by atoms with Crippen molar-refractivity contribution in [2.75, 3.05) is 36.8 Å². The van der Waals surface area contributed by atoms with Crippen molar-refractivity contribution >= 4 is 41.1 Å². The molecule has 0 spiro atoms. The molecule has 0 N–H and O–H groups in total. The molecule has 1 aliphatic rings. The van der Waals surface area contributed by atoms with Crippen LogP contribution in [-0.2, 0) is 14.3 Å². The molecule has 0 aliphatic carbocycles. The first-order chi connectivity index (χ1) is 15.5. The topological polar surface area (TPSA) is 77.4 Å². The van der Waals surface area contributed by atoms with Gasteiger partial charge in [-0.25, -0.2) is 0 Å². The van der Waals surface area contributed by atoms with Gasteiger partial charge in [-0.2, -0.15) is 10.1 Å². The van der Waals surface area contributed by atoms with E-state index in [1.165, 1.54) is 16.8 Å². The van der Waals surface area contributed by atoms with Crippen molar-refractivity contribution in [2.24, 2.45) is 5.10 Å². The van der Waals surface area contributed by atoms with Gasteiger partial charge in [0.2, 0.25) is 0 Å². The van der Waals surface area contributed by atoms with E-state index in [-0.39, 0.29) is 11.9 Å². The summed E-state index contributed by atoms with van der Waals surface area (Å²) in [5, 5.41) is 5.81. The quantitative estimate of drug-likeness (QED) is 0.305. The average molecular weight is 455 g/mol. The lowest BCUT2D eigenvalue weighted by Crippen LogP contribution is -2.21. The van der Waals surface area contributed by atoms with Crippen LogP contribution in [-0.4, -0.2) is 49.4 Å². The summed E-state index contributed by atoms with van der Waals surface area (Å²) in [6.07, 6.45) is 1.80. The SMILES string of the molecule is CCOC(=O)CSCCOc1ccc(C=C2C(=O)N(c3ccccc3)N=C2C)cc1OC. The number of anilines is 1. The number of amides is 1. The molecule has 3 rings (SSSR count). The van der Waals surface area contributed by atoms with Crippen LogP contribution in [0.4, 0.5) is 5.69 Å². The molecule has 8 heteroatoms. The van der Waals surface area contributed by atoms with Gasteiger partial charge in [0.15, 0.2) is 11.5 Å². The van der Waals surface area contributed by atoms with Gasteiger partial charge in [-0.3, -0.25) is 9.59 Å². The van der Waals surface area contributed by atoms with Gasteiger partial charge < -0.3 is 14.2 Å². The lowest BCUT2D eigenvalue weighted by Gasteiger charge is -2.12. The molecule has 0 aromatic heterocycles. The Morgan fingerprint density at radius 2 is 1.94 bits per heavy atom. The molecule has 0 unspecified atom stereocenters. The number of nitrogens with zero attached hydrogens (tertiary/aromatic N) is 2. The molecule has 0 saturated carbocycles. The average Bonchev–Trinajstić information content (AvgIpc) is 3.08. The summed E-state index contributed by atoms with van der Waals surface area (Å²) in [7, 11) is 1.57. The van der Waals surface area contributed by atoms with Gasteiger partial charge in [0.25, 0.3) is 5.91 Å². The van der Waals surface area contributed by atoms with E-state index in [9.17, 15) is 9.59 Å². The Balaban J connectivity index is 1.64. The lowest BCUT2D eigenvalue weighted by molar-refractivity contribution is -0.139. The first-order valence-electron chi connectivity index (χ1n) is 10.2. The number of hydrogen-bond donors (Lipinski definition) is 0. The van der Waals surface area contributed by atoms with E-state index in [1.54, 1.807) is 20.1 Å². The maximum atomic E-state index is 12.9. The molecule has 168 valence electrons. The van der Waals surface area contributed by atoms with Gasteiger partial charge in [-0.05, 0) is 49.8 Å². The molecule has 1 heterocycles. The zero-order valence-electron chi connectivity index (χ0n) is 18.4. The Bertz CT molecular complexity index is 1020. The van der Waals surface area contributed by atoms with Gasteiger partial charge >= 0.3 is 5.97 Å². The van der Waals surface area contributed by atoms with E-state index in [0.29, 0.717) is 47.5 Å². The first kappa shape index (κ1) is 23.4. The maximum absolute atomic E-state index is 12.9. The minimum absolute atomic E-state index is 0.174. The van der Waals surface area contributed by atoms with Gasteiger partial charge in [-0.15, -0.1) is 11.8 Å². The monoisotopic (exact) mass is 454 g/mol. The third-order valence-electron chi connectivity index (χ3n) is 4.57. The molecule has 0 bridgehead atoms. The van der Waals surface area contributed by atoms with Crippen LogP contribution in [0.2, 0.25) is 0 Å². The molecule has 0 radical (unpaired) electrons. The van der Waals surface area contributed by atoms with E-state index in [4.69, 9.17) is 14.2 Å². The fraction of sp³-hybridized carbons (Fsp3) is 0.292. The van der Waals surface area contributed by atoms with Crippen molar-refractivity contribution in [3.05, 3.63) is 59.7 Å². The molecule has 2 aromatic rings. The summed E-state index contributed by atoms with van der Waals surface area (Å²) in [5.74, 6) is 1.71. The van der Waals surface area contributed by atoms with E-state index in [1.807, 2.05) is 55.5 Å². The minimum atomic E-state index is -0.224. The van der Waals surface area contributed by atoms with Crippen molar-refractivity contribution in [2.45, 2.75) is 13.8 Å². The zero-order chi connectivity index (χ0) is 22.9. The third-order valence-corrected chi connectivity index (χ3v) is 5.47. The number of hydrogen-bond acceptors (Lipinski definition) is 7. The molecule has 7 nitrogen and oxygen atoms in total. The number of benzene rings is 2. The van der Waals surface area contributed by atoms with Crippen LogP contribution >= 0.6 is 11.8 Å². The highest BCUT2D eigenvalue weighted by Gasteiger charge is 2.28. The predicted molar refractivity (Wildman–Crippen MR) is 127 cm³/mol. The predicted octanol–water partition coefficient (Wildman–Crippen LogP) is 4.18. The molecular formula is C24H26N2O5S. The van der Waals surface area contributed by atoms with Gasteiger partial charge in [0.1, 0.15) is 0 Å². The number of carbonyl (C=O) groups excluding carboxylic acids is 2. The lowest BCUT2D eigenvalue weighted by atomic mass is 10.1. The second-order valence-corrected chi connectivity index (χ2v) is 7.92. The zero-order valence-corrected chi connectivity index (χ0v) is 19.2. The first-order valence-corrected chi connectivity index (χ1v) is 11.4. The van der Waals surface area contributed by atoms with E-state index < -0.39 is 0 Å². The Kier molecular flexibility index (Phi) is 8.33. The van der Waals surface area contributed by atoms with Crippen LogP contribution in [0.1, 0.15) is 19.4 Å². The molecule has 1 aliphatic heterocycles. The second-order valence-electron chi connectivity index (χ2n) is 6.81. The fourth-order valence-corrected chi connectivity index (χ4v) is 3.65. The number of carbonyl (C=O) groups is 2. The van der Waals surface area contributed by atoms with Crippen LogP contribution in [0.5, 0.6) is 11.5 Å². The van der Waals surface area contributed by atoms with Crippen molar-refractivity contribution in [3.63, 3.8) is 0 Å². The molecular weight excluding hydrogens is 428 g/mol. The Morgan fingerprint density at radius 3 is 2.66 bits per heavy atom. The van der Waals surface area contributed by atoms with Gasteiger partial charge in [0, 0.05) is 5.75 Å². The van der Waals surface area contributed by atoms with Crippen LogP contribution in [0.15, 0.2) is 59.2 Å². The van der Waals surface area contributed by atoms with E-state index >= 15 is 0 Å². The number of esters is 1. The normalized spacial score (nSPS) is 14.5. The molecule has 0 atom stereocenters. The second kappa shape index (κ2) is 11.4. The summed E-state index contributed by atoms with van der Waals surface area (Å²) in [6.45, 7) is 4.41. The van der Waals surface area contributed by atoms with Crippen molar-refractivity contribution in [1.29, 1.82) is 0 Å². The number of rotatable bonds is 10. The Morgan fingerprint density at radius 1 is 1.16 bits per heavy atom. The molecule has 1 amide bonds. The summed E-state index contributed by atoms with van der Waals surface area (Å²) in [5.41, 5.74) is 2.71. The van der Waals surface area contributed by atoms with E-state index in [2.05, 4.69) is 5.10 Å². The highest BCUT2D eigenvalue weighted by molar-refractivity contribution is 7.99. The molecule has 0 saturated heterocycles. The fourth-order valence-electron chi connectivity index (χ4n) is 3.06. The third kappa shape index (κ3) is 5.91. The number of thioether (sulfide) groups is 1. The Hall–Kier alpha value is -3.26. The summed E-state index contributed by atoms with van der Waals surface area (Å²) in [6, 6.07) is 14.8. The number of hydrazone groups is 1. The maximum Gasteiger partial charge on any atom is 0.315 e. The van der Waals surface area contributed by atoms with Crippen LogP contribution in [0.25, 0.3) is 6.08 Å². The van der Waals surface area contributed by atoms with Crippen molar-refractivity contribution in [3.8, 4) is 11.5 Å². The minimum Gasteiger partial charge on any atom is -0.493 e. The molecule has 32 heavy (non-hydrogen) atoms. The molecule has 0 fully saturated rings. The number of methoxy groups -OCH3 is 1. The van der Waals surface area contributed by atoms with E-state index in [0.717, 1.165) is 11.3 Å². The van der Waals surface area contributed by atoms with Crippen LogP contribution in [0, 0.1) is 0 Å². The summed E-state index contributed by atoms with van der Waals surface area (Å²) >= 11 is 1.45. The van der Waals surface area contributed by atoms with Gasteiger partial charge in [0.05, 0.1) is 43.0 Å². The van der Waals surface area contributed by atoms with Crippen molar-refractivity contribution in [1.82, 2.24) is 0 Å². The highest BCUT2D eigenvalue weighted by atomic mass is 32.2. The molecule has 2 aromatic carbocycles. The highest BCUT2D eigenvalue weighted by Crippen LogP contribution is 2.30. The summed E-state index contributed by atoms with van der Waals surface area (Å²) in [4.78, 5) is 24.2. The largest absolute Gasteiger partial charge is 0.493 e. The smallest absolute Gasteiger partial charge is 0.315 e. The van der Waals surface area contributed by atoms with Crippen LogP contribution in [0.3, 0.4) is 0 Å². The summed E-state index contributed by atoms with van der Waals surface area (Å²) < 4.78 is 16.2. The standard InChI is InChI=1S/C24H26N2O5S/c1-4-30-23(27)16-32-13-12-31-21-11-10-18(15-22(21)29-3)14-20-17(2)25-26(24(20)28)19-8-6-5-7-9-19/h5-11,14-15H,4,12-13,16H2,1-3H3. The van der Waals surface area contributed by atoms with Crippen LogP contribution < -0.4 is 14.5 Å².